The van der Waals surface area contributed by atoms with Crippen molar-refractivity contribution in [1.82, 2.24) is 10.2 Å². The van der Waals surface area contributed by atoms with E-state index in [1.807, 2.05) is 31.2 Å². The summed E-state index contributed by atoms with van der Waals surface area (Å²) in [5, 5.41) is 12.8. The van der Waals surface area contributed by atoms with Gasteiger partial charge in [0.05, 0.1) is 0 Å². The normalized spacial score (nSPS) is 17.6. The smallest absolute Gasteiger partial charge is 0.407 e. The molecule has 1 fully saturated rings. The van der Waals surface area contributed by atoms with E-state index in [9.17, 15) is 4.79 Å². The first-order valence-corrected chi connectivity index (χ1v) is 5.94. The molecule has 1 atom stereocenters. The summed E-state index contributed by atoms with van der Waals surface area (Å²) in [6.45, 7) is 3.12. The van der Waals surface area contributed by atoms with E-state index in [1.54, 1.807) is 0 Å². The van der Waals surface area contributed by atoms with Crippen molar-refractivity contribution in [2.45, 2.75) is 19.0 Å². The number of nitrogens with one attached hydrogen (secondary N) is 1. The molecule has 17 heavy (non-hydrogen) atoms. The Hall–Kier alpha value is -1.26. The average molecular weight is 255 g/mol. The van der Waals surface area contributed by atoms with Gasteiger partial charge in [-0.3, -0.25) is 0 Å². The number of halogens is 1. The number of hydrogen-bond acceptors (Lipinski definition) is 2. The fraction of sp³-hybridized carbons (Fsp3) is 0.417. The minimum atomic E-state index is -0.853. The molecule has 92 valence electrons. The van der Waals surface area contributed by atoms with Gasteiger partial charge in [-0.05, 0) is 18.6 Å². The van der Waals surface area contributed by atoms with Gasteiger partial charge in [-0.1, -0.05) is 29.8 Å². The van der Waals surface area contributed by atoms with Gasteiger partial charge in [-0.15, -0.1) is 0 Å². The molecule has 0 aromatic heterocycles. The third-order valence-electron chi connectivity index (χ3n) is 3.01. The maximum atomic E-state index is 10.6. The van der Waals surface area contributed by atoms with Crippen LogP contribution in [0.4, 0.5) is 4.79 Å². The van der Waals surface area contributed by atoms with Gasteiger partial charge < -0.3 is 15.3 Å². The van der Waals surface area contributed by atoms with Gasteiger partial charge in [-0.25, -0.2) is 4.79 Å². The Balaban J connectivity index is 1.89. The number of rotatable bonds is 3. The highest BCUT2D eigenvalue weighted by molar-refractivity contribution is 6.31. The second-order valence-electron chi connectivity index (χ2n) is 4.29. The molecule has 0 radical (unpaired) electrons. The standard InChI is InChI=1S/C12H15ClN2O2/c1-8(10-4-2-3-5-11(10)13)14-9-6-15(7-9)12(16)17/h2-5,8-9,14H,6-7H2,1H3,(H,16,17). The summed E-state index contributed by atoms with van der Waals surface area (Å²) >= 11 is 6.10. The molecule has 1 unspecified atom stereocenters. The Morgan fingerprint density at radius 3 is 2.76 bits per heavy atom. The molecular formula is C12H15ClN2O2. The first-order chi connectivity index (χ1) is 8.08. The van der Waals surface area contributed by atoms with Crippen LogP contribution >= 0.6 is 11.6 Å². The highest BCUT2D eigenvalue weighted by Crippen LogP contribution is 2.23. The van der Waals surface area contributed by atoms with E-state index in [0.29, 0.717) is 13.1 Å². The molecule has 0 bridgehead atoms. The lowest BCUT2D eigenvalue weighted by Gasteiger charge is -2.39. The largest absolute Gasteiger partial charge is 0.465 e. The summed E-state index contributed by atoms with van der Waals surface area (Å²) in [5.74, 6) is 0. The minimum absolute atomic E-state index is 0.129. The number of benzene rings is 1. The van der Waals surface area contributed by atoms with Crippen LogP contribution in [0.2, 0.25) is 5.02 Å². The lowest BCUT2D eigenvalue weighted by atomic mass is 10.0. The van der Waals surface area contributed by atoms with Crippen molar-refractivity contribution in [1.29, 1.82) is 0 Å². The van der Waals surface area contributed by atoms with Crippen molar-refractivity contribution in [2.75, 3.05) is 13.1 Å². The summed E-state index contributed by atoms with van der Waals surface area (Å²) in [4.78, 5) is 12.0. The molecule has 1 aliphatic heterocycles. The lowest BCUT2D eigenvalue weighted by molar-refractivity contribution is 0.0926. The molecule has 5 heteroatoms. The number of hydrogen-bond donors (Lipinski definition) is 2. The second-order valence-corrected chi connectivity index (χ2v) is 4.70. The zero-order valence-electron chi connectivity index (χ0n) is 9.56. The molecule has 1 aromatic carbocycles. The van der Waals surface area contributed by atoms with Crippen LogP contribution in [-0.4, -0.2) is 35.2 Å². The highest BCUT2D eigenvalue weighted by Gasteiger charge is 2.31. The van der Waals surface area contributed by atoms with Crippen LogP contribution in [0, 0.1) is 0 Å². The topological polar surface area (TPSA) is 52.6 Å². The van der Waals surface area contributed by atoms with E-state index in [2.05, 4.69) is 5.32 Å². The van der Waals surface area contributed by atoms with Gasteiger partial charge in [0.2, 0.25) is 0 Å². The number of amides is 1. The third kappa shape index (κ3) is 2.70. The zero-order valence-corrected chi connectivity index (χ0v) is 10.3. The van der Waals surface area contributed by atoms with Crippen LogP contribution in [0.3, 0.4) is 0 Å². The van der Waals surface area contributed by atoms with Crippen LogP contribution in [0.1, 0.15) is 18.5 Å². The quantitative estimate of drug-likeness (QED) is 0.871. The minimum Gasteiger partial charge on any atom is -0.465 e. The van der Waals surface area contributed by atoms with E-state index in [-0.39, 0.29) is 12.1 Å². The number of carboxylic acid groups (broad SMARTS) is 1. The van der Waals surface area contributed by atoms with Crippen molar-refractivity contribution in [3.63, 3.8) is 0 Å². The fourth-order valence-corrected chi connectivity index (χ4v) is 2.31. The maximum absolute atomic E-state index is 10.6. The molecule has 2 rings (SSSR count). The van der Waals surface area contributed by atoms with Crippen molar-refractivity contribution in [3.05, 3.63) is 34.9 Å². The molecule has 1 aromatic rings. The Labute approximate surface area is 105 Å². The van der Waals surface area contributed by atoms with Gasteiger partial charge >= 0.3 is 6.09 Å². The molecule has 0 aliphatic carbocycles. The Kier molecular flexibility index (Phi) is 3.54. The third-order valence-corrected chi connectivity index (χ3v) is 3.35. The SMILES string of the molecule is CC(NC1CN(C(=O)O)C1)c1ccccc1Cl. The average Bonchev–Trinajstić information content (AvgIpc) is 2.22. The van der Waals surface area contributed by atoms with Crippen molar-refractivity contribution < 1.29 is 9.90 Å². The van der Waals surface area contributed by atoms with Crippen LogP contribution in [0.15, 0.2) is 24.3 Å². The Morgan fingerprint density at radius 2 is 2.18 bits per heavy atom. The van der Waals surface area contributed by atoms with E-state index < -0.39 is 6.09 Å². The molecule has 1 heterocycles. The monoisotopic (exact) mass is 254 g/mol. The number of likely N-dealkylation sites (tertiary alicyclic amines) is 1. The molecular weight excluding hydrogens is 240 g/mol. The summed E-state index contributed by atoms with van der Waals surface area (Å²) in [6, 6.07) is 8.03. The molecule has 1 aliphatic rings. The maximum Gasteiger partial charge on any atom is 0.407 e. The van der Waals surface area contributed by atoms with Gasteiger partial charge in [0, 0.05) is 30.2 Å². The van der Waals surface area contributed by atoms with Crippen LogP contribution < -0.4 is 5.32 Å². The first kappa shape index (κ1) is 12.2. The predicted molar refractivity (Wildman–Crippen MR) is 66.4 cm³/mol. The summed E-state index contributed by atoms with van der Waals surface area (Å²) < 4.78 is 0. The van der Waals surface area contributed by atoms with Gasteiger partial charge in [0.15, 0.2) is 0 Å². The Morgan fingerprint density at radius 1 is 1.53 bits per heavy atom. The van der Waals surface area contributed by atoms with E-state index in [4.69, 9.17) is 16.7 Å². The molecule has 1 amide bonds. The van der Waals surface area contributed by atoms with Crippen molar-refractivity contribution >= 4 is 17.7 Å². The van der Waals surface area contributed by atoms with Gasteiger partial charge in [-0.2, -0.15) is 0 Å². The lowest BCUT2D eigenvalue weighted by Crippen LogP contribution is -2.59. The Bertz CT molecular complexity index is 419. The summed E-state index contributed by atoms with van der Waals surface area (Å²) in [5.41, 5.74) is 1.04. The second kappa shape index (κ2) is 4.94. The van der Waals surface area contributed by atoms with Crippen LogP contribution in [0.5, 0.6) is 0 Å². The van der Waals surface area contributed by atoms with Crippen molar-refractivity contribution in [3.8, 4) is 0 Å². The number of nitrogens with zero attached hydrogens (tertiary/aromatic N) is 1. The number of carbonyl (C=O) groups is 1. The zero-order chi connectivity index (χ0) is 12.4. The van der Waals surface area contributed by atoms with E-state index >= 15 is 0 Å². The summed E-state index contributed by atoms with van der Waals surface area (Å²) in [6.07, 6.45) is -0.853. The molecule has 1 saturated heterocycles. The first-order valence-electron chi connectivity index (χ1n) is 5.56. The molecule has 0 saturated carbocycles. The fourth-order valence-electron chi connectivity index (χ4n) is 2.01. The molecule has 0 spiro atoms. The van der Waals surface area contributed by atoms with Gasteiger partial charge in [0.1, 0.15) is 0 Å². The predicted octanol–water partition coefficient (Wildman–Crippen LogP) is 2.35. The van der Waals surface area contributed by atoms with Gasteiger partial charge in [0.25, 0.3) is 0 Å². The van der Waals surface area contributed by atoms with Crippen molar-refractivity contribution in [2.24, 2.45) is 0 Å². The van der Waals surface area contributed by atoms with Crippen LogP contribution in [0.25, 0.3) is 0 Å². The molecule has 2 N–H and O–H groups in total. The molecule has 4 nitrogen and oxygen atoms in total. The summed E-state index contributed by atoms with van der Waals surface area (Å²) in [7, 11) is 0. The van der Waals surface area contributed by atoms with Crippen LogP contribution in [-0.2, 0) is 0 Å². The van der Waals surface area contributed by atoms with E-state index in [1.165, 1.54) is 4.90 Å². The van der Waals surface area contributed by atoms with E-state index in [0.717, 1.165) is 10.6 Å². The highest BCUT2D eigenvalue weighted by atomic mass is 35.5.